The maximum atomic E-state index is 4.43. The van der Waals surface area contributed by atoms with Gasteiger partial charge in [0.15, 0.2) is 0 Å². The van der Waals surface area contributed by atoms with Gasteiger partial charge in [-0.15, -0.1) is 0 Å². The fourth-order valence-electron chi connectivity index (χ4n) is 2.61. The van der Waals surface area contributed by atoms with Crippen molar-refractivity contribution >= 4 is 37.5 Å². The topological polar surface area (TPSA) is 24.9 Å². The van der Waals surface area contributed by atoms with E-state index in [-0.39, 0.29) is 0 Å². The first-order valence-corrected chi connectivity index (χ1v) is 7.90. The second-order valence-electron chi connectivity index (χ2n) is 4.85. The van der Waals surface area contributed by atoms with Crippen LogP contribution in [-0.4, -0.2) is 4.98 Å². The zero-order valence-corrected chi connectivity index (χ0v) is 13.8. The summed E-state index contributed by atoms with van der Waals surface area (Å²) >= 11 is 6.93. The van der Waals surface area contributed by atoms with Crippen LogP contribution in [-0.2, 0) is 6.42 Å². The van der Waals surface area contributed by atoms with Gasteiger partial charge in [0.1, 0.15) is 4.60 Å². The lowest BCUT2D eigenvalue weighted by Crippen LogP contribution is -2.08. The standard InChI is InChI=1S/C15H14Br2N2/c1-9-13(6-7-15(17)18-9)19-14-5-2-10-8-11(16)3-4-12(10)14/h3-4,6-8,14,19H,2,5H2,1H3. The van der Waals surface area contributed by atoms with Crippen molar-refractivity contribution in [2.45, 2.75) is 25.8 Å². The summed E-state index contributed by atoms with van der Waals surface area (Å²) < 4.78 is 2.04. The summed E-state index contributed by atoms with van der Waals surface area (Å²) in [5.74, 6) is 0. The average molecular weight is 382 g/mol. The lowest BCUT2D eigenvalue weighted by Gasteiger charge is -2.17. The van der Waals surface area contributed by atoms with Gasteiger partial charge in [0.05, 0.1) is 17.4 Å². The van der Waals surface area contributed by atoms with Crippen LogP contribution in [0.2, 0.25) is 0 Å². The lowest BCUT2D eigenvalue weighted by atomic mass is 10.1. The molecule has 1 unspecified atom stereocenters. The summed E-state index contributed by atoms with van der Waals surface area (Å²) in [6.45, 7) is 2.03. The van der Waals surface area contributed by atoms with Crippen molar-refractivity contribution in [3.8, 4) is 0 Å². The van der Waals surface area contributed by atoms with Crippen LogP contribution in [0.15, 0.2) is 39.4 Å². The lowest BCUT2D eigenvalue weighted by molar-refractivity contribution is 0.760. The van der Waals surface area contributed by atoms with Crippen LogP contribution >= 0.6 is 31.9 Å². The molecule has 3 rings (SSSR count). The SMILES string of the molecule is Cc1nc(Br)ccc1NC1CCc2cc(Br)ccc21. The number of hydrogen-bond donors (Lipinski definition) is 1. The van der Waals surface area contributed by atoms with Crippen molar-refractivity contribution < 1.29 is 0 Å². The molecule has 0 fully saturated rings. The number of nitrogens with zero attached hydrogens (tertiary/aromatic N) is 1. The van der Waals surface area contributed by atoms with Gasteiger partial charge in [-0.25, -0.2) is 4.98 Å². The Morgan fingerprint density at radius 1 is 1.21 bits per heavy atom. The molecule has 1 atom stereocenters. The molecule has 0 saturated carbocycles. The van der Waals surface area contributed by atoms with Gasteiger partial charge in [-0.3, -0.25) is 0 Å². The molecule has 0 amide bonds. The highest BCUT2D eigenvalue weighted by Crippen LogP contribution is 2.35. The summed E-state index contributed by atoms with van der Waals surface area (Å²) in [6, 6.07) is 11.0. The van der Waals surface area contributed by atoms with Crippen LogP contribution in [0.1, 0.15) is 29.3 Å². The van der Waals surface area contributed by atoms with Gasteiger partial charge in [0, 0.05) is 4.47 Å². The third kappa shape index (κ3) is 2.70. The van der Waals surface area contributed by atoms with Crippen molar-refractivity contribution in [3.05, 3.63) is 56.2 Å². The van der Waals surface area contributed by atoms with E-state index < -0.39 is 0 Å². The van der Waals surface area contributed by atoms with Crippen molar-refractivity contribution in [1.82, 2.24) is 4.98 Å². The molecule has 2 nitrogen and oxygen atoms in total. The Bertz CT molecular complexity index is 626. The highest BCUT2D eigenvalue weighted by molar-refractivity contribution is 9.10. The molecular weight excluding hydrogens is 368 g/mol. The number of fused-ring (bicyclic) bond motifs is 1. The van der Waals surface area contributed by atoms with E-state index in [1.165, 1.54) is 11.1 Å². The normalized spacial score (nSPS) is 17.3. The minimum absolute atomic E-state index is 0.393. The molecular formula is C15H14Br2N2. The molecule has 1 heterocycles. The first-order valence-electron chi connectivity index (χ1n) is 6.31. The zero-order chi connectivity index (χ0) is 13.4. The van der Waals surface area contributed by atoms with Crippen LogP contribution in [0.3, 0.4) is 0 Å². The molecule has 2 aromatic rings. The van der Waals surface area contributed by atoms with E-state index in [1.54, 1.807) is 0 Å². The first kappa shape index (κ1) is 13.1. The number of benzene rings is 1. The second kappa shape index (κ2) is 5.25. The largest absolute Gasteiger partial charge is 0.377 e. The molecule has 0 spiro atoms. The quantitative estimate of drug-likeness (QED) is 0.739. The van der Waals surface area contributed by atoms with Crippen LogP contribution < -0.4 is 5.32 Å². The number of aromatic nitrogens is 1. The molecule has 1 N–H and O–H groups in total. The number of anilines is 1. The van der Waals surface area contributed by atoms with Crippen molar-refractivity contribution in [2.75, 3.05) is 5.32 Å². The summed E-state index contributed by atoms with van der Waals surface area (Å²) in [6.07, 6.45) is 2.27. The van der Waals surface area contributed by atoms with Crippen LogP contribution in [0.5, 0.6) is 0 Å². The second-order valence-corrected chi connectivity index (χ2v) is 6.57. The van der Waals surface area contributed by atoms with E-state index >= 15 is 0 Å². The van der Waals surface area contributed by atoms with E-state index in [0.29, 0.717) is 6.04 Å². The molecule has 1 aromatic carbocycles. The maximum absolute atomic E-state index is 4.43. The van der Waals surface area contributed by atoms with Crippen molar-refractivity contribution in [2.24, 2.45) is 0 Å². The van der Waals surface area contributed by atoms with Gasteiger partial charge in [0.2, 0.25) is 0 Å². The minimum atomic E-state index is 0.393. The Balaban J connectivity index is 1.86. The predicted molar refractivity (Wildman–Crippen MR) is 85.5 cm³/mol. The van der Waals surface area contributed by atoms with Crippen molar-refractivity contribution in [1.29, 1.82) is 0 Å². The van der Waals surface area contributed by atoms with E-state index in [1.807, 2.05) is 13.0 Å². The van der Waals surface area contributed by atoms with Crippen LogP contribution in [0, 0.1) is 6.92 Å². The number of aryl methyl sites for hydroxylation is 2. The summed E-state index contributed by atoms with van der Waals surface area (Å²) in [4.78, 5) is 4.43. The number of rotatable bonds is 2. The Morgan fingerprint density at radius 3 is 2.84 bits per heavy atom. The molecule has 4 heteroatoms. The predicted octanol–water partition coefficient (Wildman–Crippen LogP) is 5.01. The molecule has 0 radical (unpaired) electrons. The Morgan fingerprint density at radius 2 is 2.05 bits per heavy atom. The Hall–Kier alpha value is -0.870. The van der Waals surface area contributed by atoms with E-state index in [9.17, 15) is 0 Å². The van der Waals surface area contributed by atoms with Gasteiger partial charge in [-0.2, -0.15) is 0 Å². The number of halogens is 2. The van der Waals surface area contributed by atoms with Crippen LogP contribution in [0.4, 0.5) is 5.69 Å². The highest BCUT2D eigenvalue weighted by atomic mass is 79.9. The maximum Gasteiger partial charge on any atom is 0.106 e. The number of nitrogens with one attached hydrogen (secondary N) is 1. The van der Waals surface area contributed by atoms with E-state index in [4.69, 9.17) is 0 Å². The smallest absolute Gasteiger partial charge is 0.106 e. The van der Waals surface area contributed by atoms with Gasteiger partial charge in [-0.1, -0.05) is 22.0 Å². The van der Waals surface area contributed by atoms with Gasteiger partial charge >= 0.3 is 0 Å². The fourth-order valence-corrected chi connectivity index (χ4v) is 3.41. The first-order chi connectivity index (χ1) is 9.13. The molecule has 1 aliphatic carbocycles. The Kier molecular flexibility index (Phi) is 3.63. The Labute approximate surface area is 129 Å². The third-order valence-corrected chi connectivity index (χ3v) is 4.50. The third-order valence-electron chi connectivity index (χ3n) is 3.56. The molecule has 98 valence electrons. The monoisotopic (exact) mass is 380 g/mol. The summed E-state index contributed by atoms with van der Waals surface area (Å²) in [5.41, 5.74) is 4.99. The molecule has 0 bridgehead atoms. The van der Waals surface area contributed by atoms with E-state index in [0.717, 1.165) is 33.3 Å². The average Bonchev–Trinajstić information content (AvgIpc) is 2.75. The number of pyridine rings is 1. The highest BCUT2D eigenvalue weighted by Gasteiger charge is 2.22. The van der Waals surface area contributed by atoms with E-state index in [2.05, 4.69) is 66.4 Å². The van der Waals surface area contributed by atoms with Crippen LogP contribution in [0.25, 0.3) is 0 Å². The minimum Gasteiger partial charge on any atom is -0.377 e. The van der Waals surface area contributed by atoms with Gasteiger partial charge in [0.25, 0.3) is 0 Å². The summed E-state index contributed by atoms with van der Waals surface area (Å²) in [7, 11) is 0. The molecule has 0 saturated heterocycles. The van der Waals surface area contributed by atoms with Gasteiger partial charge < -0.3 is 5.32 Å². The molecule has 1 aliphatic rings. The molecule has 1 aromatic heterocycles. The van der Waals surface area contributed by atoms with Crippen molar-refractivity contribution in [3.63, 3.8) is 0 Å². The van der Waals surface area contributed by atoms with Gasteiger partial charge in [-0.05, 0) is 71.1 Å². The molecule has 0 aliphatic heterocycles. The zero-order valence-electron chi connectivity index (χ0n) is 10.6. The number of hydrogen-bond acceptors (Lipinski definition) is 2. The summed E-state index contributed by atoms with van der Waals surface area (Å²) in [5, 5.41) is 3.61. The fraction of sp³-hybridized carbons (Fsp3) is 0.267. The molecule has 19 heavy (non-hydrogen) atoms.